The lowest BCUT2D eigenvalue weighted by Gasteiger charge is -2.15. The van der Waals surface area contributed by atoms with Crippen LogP contribution in [0.4, 0.5) is 0 Å². The van der Waals surface area contributed by atoms with Gasteiger partial charge in [-0.25, -0.2) is 0 Å². The van der Waals surface area contributed by atoms with Gasteiger partial charge in [-0.05, 0) is 17.9 Å². The molecule has 180 valence electrons. The van der Waals surface area contributed by atoms with Gasteiger partial charge in [-0.15, -0.1) is 0 Å². The molecule has 1 aliphatic heterocycles. The Hall–Kier alpha value is -4.52. The van der Waals surface area contributed by atoms with Gasteiger partial charge in [0.1, 0.15) is 5.57 Å². The van der Waals surface area contributed by atoms with Crippen LogP contribution in [0.15, 0.2) is 91.3 Å². The van der Waals surface area contributed by atoms with Gasteiger partial charge in [-0.3, -0.25) is 19.2 Å². The fraction of sp³-hybridized carbons (Fsp3) is 0.172. The molecule has 0 saturated heterocycles. The second-order valence-corrected chi connectivity index (χ2v) is 8.66. The first-order valence-electron chi connectivity index (χ1n) is 12.0. The van der Waals surface area contributed by atoms with Gasteiger partial charge < -0.3 is 5.11 Å². The molecule has 0 saturated carbocycles. The molecule has 4 aromatic rings. The normalized spacial score (nSPS) is 13.6. The Labute approximate surface area is 209 Å². The SMILES string of the molecule is CCCCN1C(=O)C(c2c(-c3ccccc3)nn(Cc3ccccc3)c2[O-])=C([n+]2ccccc2)C1=O. The van der Waals surface area contributed by atoms with Crippen molar-refractivity contribution in [2.24, 2.45) is 0 Å². The third kappa shape index (κ3) is 4.20. The molecule has 36 heavy (non-hydrogen) atoms. The summed E-state index contributed by atoms with van der Waals surface area (Å²) >= 11 is 0. The minimum atomic E-state index is -0.464. The van der Waals surface area contributed by atoms with Gasteiger partial charge in [-0.2, -0.15) is 9.67 Å². The lowest BCUT2D eigenvalue weighted by Crippen LogP contribution is -2.39. The van der Waals surface area contributed by atoms with E-state index < -0.39 is 17.7 Å². The van der Waals surface area contributed by atoms with Crippen LogP contribution in [0.5, 0.6) is 5.88 Å². The van der Waals surface area contributed by atoms with E-state index in [4.69, 9.17) is 0 Å². The molecule has 0 N–H and O–H groups in total. The van der Waals surface area contributed by atoms with E-state index in [-0.39, 0.29) is 23.4 Å². The van der Waals surface area contributed by atoms with E-state index >= 15 is 0 Å². The Kier molecular flexibility index (Phi) is 6.45. The Bertz CT molecular complexity index is 1430. The average Bonchev–Trinajstić information content (AvgIpc) is 3.36. The second kappa shape index (κ2) is 10.00. The molecular weight excluding hydrogens is 452 g/mol. The minimum Gasteiger partial charge on any atom is -0.858 e. The van der Waals surface area contributed by atoms with E-state index in [1.807, 2.05) is 73.7 Å². The molecular formula is C29H26N4O3. The van der Waals surface area contributed by atoms with E-state index in [1.165, 1.54) is 9.58 Å². The zero-order valence-electron chi connectivity index (χ0n) is 20.0. The highest BCUT2D eigenvalue weighted by Gasteiger charge is 2.46. The van der Waals surface area contributed by atoms with Crippen LogP contribution in [0.1, 0.15) is 30.9 Å². The number of aromatic nitrogens is 3. The van der Waals surface area contributed by atoms with E-state index in [1.54, 1.807) is 29.1 Å². The smallest absolute Gasteiger partial charge is 0.326 e. The summed E-state index contributed by atoms with van der Waals surface area (Å²) in [6, 6.07) is 24.3. The van der Waals surface area contributed by atoms with Crippen molar-refractivity contribution in [2.75, 3.05) is 6.54 Å². The average molecular weight is 479 g/mol. The third-order valence-corrected chi connectivity index (χ3v) is 6.23. The number of pyridine rings is 1. The van der Waals surface area contributed by atoms with Crippen LogP contribution >= 0.6 is 0 Å². The first-order valence-corrected chi connectivity index (χ1v) is 12.0. The number of carbonyl (C=O) groups is 2. The third-order valence-electron chi connectivity index (χ3n) is 6.23. The van der Waals surface area contributed by atoms with Crippen molar-refractivity contribution in [1.29, 1.82) is 0 Å². The quantitative estimate of drug-likeness (QED) is 0.287. The molecule has 0 fully saturated rings. The molecule has 0 unspecified atom stereocenters. The number of amides is 2. The van der Waals surface area contributed by atoms with Crippen LogP contribution in [-0.4, -0.2) is 33.0 Å². The predicted octanol–water partition coefficient (Wildman–Crippen LogP) is 3.50. The maximum atomic E-state index is 13.9. The summed E-state index contributed by atoms with van der Waals surface area (Å²) in [5, 5.41) is 18.6. The topological polar surface area (TPSA) is 82.1 Å². The van der Waals surface area contributed by atoms with Crippen LogP contribution in [0.25, 0.3) is 22.5 Å². The molecule has 7 nitrogen and oxygen atoms in total. The Morgan fingerprint density at radius 3 is 2.17 bits per heavy atom. The van der Waals surface area contributed by atoms with Crippen molar-refractivity contribution >= 4 is 23.1 Å². The molecule has 5 rings (SSSR count). The molecule has 0 bridgehead atoms. The largest absolute Gasteiger partial charge is 0.858 e. The maximum absolute atomic E-state index is 13.9. The van der Waals surface area contributed by atoms with Crippen LogP contribution in [0.3, 0.4) is 0 Å². The highest BCUT2D eigenvalue weighted by atomic mass is 16.3. The van der Waals surface area contributed by atoms with Gasteiger partial charge >= 0.3 is 5.91 Å². The summed E-state index contributed by atoms with van der Waals surface area (Å²) < 4.78 is 2.99. The summed E-state index contributed by atoms with van der Waals surface area (Å²) in [5.74, 6) is -1.28. The second-order valence-electron chi connectivity index (χ2n) is 8.66. The van der Waals surface area contributed by atoms with Crippen LogP contribution < -0.4 is 9.67 Å². The lowest BCUT2D eigenvalue weighted by atomic mass is 10.00. The summed E-state index contributed by atoms with van der Waals surface area (Å²) in [6.07, 6.45) is 4.94. The number of nitrogens with zero attached hydrogens (tertiary/aromatic N) is 4. The Balaban J connectivity index is 1.74. The first kappa shape index (κ1) is 23.2. The number of carbonyl (C=O) groups excluding carboxylic acids is 2. The fourth-order valence-electron chi connectivity index (χ4n) is 4.43. The van der Waals surface area contributed by atoms with E-state index in [2.05, 4.69) is 5.10 Å². The predicted molar refractivity (Wildman–Crippen MR) is 134 cm³/mol. The minimum absolute atomic E-state index is 0.0930. The maximum Gasteiger partial charge on any atom is 0.326 e. The zero-order valence-corrected chi connectivity index (χ0v) is 20.0. The molecule has 2 aromatic carbocycles. The van der Waals surface area contributed by atoms with Crippen molar-refractivity contribution < 1.29 is 19.3 Å². The van der Waals surface area contributed by atoms with Crippen LogP contribution in [0.2, 0.25) is 0 Å². The fourth-order valence-corrected chi connectivity index (χ4v) is 4.43. The number of rotatable bonds is 8. The van der Waals surface area contributed by atoms with Gasteiger partial charge in [0.2, 0.25) is 0 Å². The number of benzene rings is 2. The molecule has 7 heteroatoms. The molecule has 0 radical (unpaired) electrons. The zero-order chi connectivity index (χ0) is 25.1. The number of unbranched alkanes of at least 4 members (excludes halogenated alkanes) is 1. The molecule has 3 heterocycles. The lowest BCUT2D eigenvalue weighted by molar-refractivity contribution is -0.576. The number of hydrogen-bond donors (Lipinski definition) is 0. The number of hydrogen-bond acceptors (Lipinski definition) is 4. The summed E-state index contributed by atoms with van der Waals surface area (Å²) in [5.41, 5.74) is 2.42. The van der Waals surface area contributed by atoms with Crippen molar-refractivity contribution in [3.8, 4) is 17.1 Å². The molecule has 2 aromatic heterocycles. The van der Waals surface area contributed by atoms with E-state index in [0.29, 0.717) is 24.2 Å². The van der Waals surface area contributed by atoms with Gasteiger partial charge in [0.05, 0.1) is 12.2 Å². The van der Waals surface area contributed by atoms with Crippen molar-refractivity contribution in [1.82, 2.24) is 14.7 Å². The van der Waals surface area contributed by atoms with Crippen molar-refractivity contribution in [2.45, 2.75) is 26.3 Å². The molecule has 0 atom stereocenters. The molecule has 0 spiro atoms. The van der Waals surface area contributed by atoms with E-state index in [9.17, 15) is 14.7 Å². The van der Waals surface area contributed by atoms with Gasteiger partial charge in [0.15, 0.2) is 12.4 Å². The van der Waals surface area contributed by atoms with Crippen LogP contribution in [-0.2, 0) is 16.1 Å². The molecule has 2 amide bonds. The van der Waals surface area contributed by atoms with Gasteiger partial charge in [-0.1, -0.05) is 80.1 Å². The van der Waals surface area contributed by atoms with Crippen LogP contribution in [0, 0.1) is 0 Å². The summed E-state index contributed by atoms with van der Waals surface area (Å²) in [6.45, 7) is 2.55. The Morgan fingerprint density at radius 2 is 1.50 bits per heavy atom. The van der Waals surface area contributed by atoms with Gasteiger partial charge in [0.25, 0.3) is 11.6 Å². The first-order chi connectivity index (χ1) is 17.6. The standard InChI is InChI=1S/C29H26N4O3/c1-2-3-19-32-27(34)24(26(29(32)36)31-17-11-6-12-18-31)23-25(22-15-9-5-10-16-22)30-33(28(23)35)20-21-13-7-4-8-14-21/h4-18H,2-3,19-20H2,1H3. The van der Waals surface area contributed by atoms with Gasteiger partial charge in [0, 0.05) is 29.8 Å². The molecule has 1 aliphatic rings. The number of imide groups is 1. The molecule has 0 aliphatic carbocycles. The summed E-state index contributed by atoms with van der Waals surface area (Å²) in [7, 11) is 0. The van der Waals surface area contributed by atoms with Crippen molar-refractivity contribution in [3.63, 3.8) is 0 Å². The van der Waals surface area contributed by atoms with E-state index in [0.717, 1.165) is 12.0 Å². The Morgan fingerprint density at radius 1 is 0.861 bits per heavy atom. The highest BCUT2D eigenvalue weighted by molar-refractivity contribution is 6.45. The monoisotopic (exact) mass is 478 g/mol. The van der Waals surface area contributed by atoms with Crippen molar-refractivity contribution in [3.05, 3.63) is 102 Å². The summed E-state index contributed by atoms with van der Waals surface area (Å²) in [4.78, 5) is 28.6. The highest BCUT2D eigenvalue weighted by Crippen LogP contribution is 2.40.